The second-order valence-electron chi connectivity index (χ2n) is 19.4. The summed E-state index contributed by atoms with van der Waals surface area (Å²) in [6, 6.07) is 6.36. The molecular weight excluding hydrogens is 709 g/mol. The highest BCUT2D eigenvalue weighted by atomic mass is 28.4. The van der Waals surface area contributed by atoms with Gasteiger partial charge in [0.05, 0.1) is 43.2 Å². The van der Waals surface area contributed by atoms with Crippen LogP contribution in [0.25, 0.3) is 5.57 Å². The van der Waals surface area contributed by atoms with Crippen LogP contribution >= 0.6 is 0 Å². The van der Waals surface area contributed by atoms with E-state index in [-0.39, 0.29) is 29.3 Å². The Morgan fingerprint density at radius 1 is 1.06 bits per heavy atom. The van der Waals surface area contributed by atoms with Gasteiger partial charge in [0.25, 0.3) is 0 Å². The van der Waals surface area contributed by atoms with Crippen molar-refractivity contribution in [2.45, 2.75) is 169 Å². The average molecular weight is 783 g/mol. The number of methoxy groups -OCH3 is 1. The van der Waals surface area contributed by atoms with Gasteiger partial charge in [-0.05, 0) is 93.6 Å². The third-order valence-corrected chi connectivity index (χ3v) is 17.8. The van der Waals surface area contributed by atoms with Crippen molar-refractivity contribution in [3.8, 4) is 0 Å². The van der Waals surface area contributed by atoms with Crippen LogP contribution in [-0.2, 0) is 28.2 Å². The molecule has 0 bridgehead atoms. The topological polar surface area (TPSA) is 80.3 Å². The van der Waals surface area contributed by atoms with E-state index in [4.69, 9.17) is 23.4 Å². The fourth-order valence-electron chi connectivity index (χ4n) is 7.32. The van der Waals surface area contributed by atoms with Crippen LogP contribution in [0.3, 0.4) is 0 Å². The van der Waals surface area contributed by atoms with Gasteiger partial charge in [0.15, 0.2) is 14.1 Å². The zero-order chi connectivity index (χ0) is 40.6. The first-order chi connectivity index (χ1) is 25.0. The predicted molar refractivity (Wildman–Crippen MR) is 228 cm³/mol. The first kappa shape index (κ1) is 46.1. The Balaban J connectivity index is 1.76. The summed E-state index contributed by atoms with van der Waals surface area (Å²) < 4.78 is 31.8. The van der Waals surface area contributed by atoms with Gasteiger partial charge in [-0.15, -0.1) is 0 Å². The number of aryl methyl sites for hydroxylation is 1. The van der Waals surface area contributed by atoms with Crippen molar-refractivity contribution in [1.29, 1.82) is 0 Å². The molecular formula is C45H74O7Si2. The van der Waals surface area contributed by atoms with Crippen LogP contribution in [0.2, 0.25) is 43.8 Å². The summed E-state index contributed by atoms with van der Waals surface area (Å²) >= 11 is 0. The van der Waals surface area contributed by atoms with Crippen molar-refractivity contribution in [3.05, 3.63) is 64.8 Å². The molecule has 2 saturated heterocycles. The van der Waals surface area contributed by atoms with E-state index in [1.165, 1.54) is 12.7 Å². The molecule has 0 unspecified atom stereocenters. The number of hydrogen-bond acceptors (Lipinski definition) is 7. The standard InChI is InChI=1S/C45H74O7Si2/c1-31(2)41-35(6)23-24-45(51-41)30-37(52-54(14,15)44(7,8)9)29-36(50-45)21-19-33(4)27-32(3)17-16-18-39(42(46)48-10)38-22-20-34(5)28-40(38)43(47)49-25-26-53(11,12)13/h16-20,22,28,31-32,35-37,41H,21,23-27,29-30H2,1-15H3/b17-16+,33-19+,39-18-/t32-,35-,36+,37-,41+,45+/m0/s1. The highest BCUT2D eigenvalue weighted by Crippen LogP contribution is 2.46. The van der Waals surface area contributed by atoms with Crippen molar-refractivity contribution in [3.63, 3.8) is 0 Å². The van der Waals surface area contributed by atoms with Crippen molar-refractivity contribution < 1.29 is 33.0 Å². The molecule has 1 aromatic carbocycles. The average Bonchev–Trinajstić information content (AvgIpc) is 3.05. The smallest absolute Gasteiger partial charge is 0.338 e. The normalized spacial score (nSPS) is 25.3. The number of carbonyl (C=O) groups excluding carboxylic acids is 2. The number of allylic oxidation sites excluding steroid dienone is 4. The van der Waals surface area contributed by atoms with Crippen LogP contribution in [0.1, 0.15) is 115 Å². The molecule has 54 heavy (non-hydrogen) atoms. The van der Waals surface area contributed by atoms with E-state index >= 15 is 0 Å². The van der Waals surface area contributed by atoms with E-state index in [1.807, 2.05) is 19.1 Å². The van der Waals surface area contributed by atoms with E-state index in [1.54, 1.807) is 18.2 Å². The molecule has 2 heterocycles. The van der Waals surface area contributed by atoms with Crippen LogP contribution in [0, 0.1) is 24.7 Å². The van der Waals surface area contributed by atoms with Gasteiger partial charge in [-0.25, -0.2) is 9.59 Å². The fraction of sp³-hybridized carbons (Fsp3) is 0.689. The summed E-state index contributed by atoms with van der Waals surface area (Å²) in [5, 5.41) is 0.130. The Morgan fingerprint density at radius 2 is 1.74 bits per heavy atom. The zero-order valence-corrected chi connectivity index (χ0v) is 38.5. The van der Waals surface area contributed by atoms with Gasteiger partial charge in [-0.2, -0.15) is 0 Å². The van der Waals surface area contributed by atoms with E-state index in [9.17, 15) is 9.59 Å². The Labute approximate surface area is 330 Å². The molecule has 6 atom stereocenters. The van der Waals surface area contributed by atoms with Gasteiger partial charge in [-0.1, -0.05) is 110 Å². The maximum atomic E-state index is 13.2. The molecule has 0 radical (unpaired) electrons. The number of rotatable bonds is 15. The van der Waals surface area contributed by atoms with E-state index < -0.39 is 34.1 Å². The van der Waals surface area contributed by atoms with Gasteiger partial charge in [0, 0.05) is 26.5 Å². The predicted octanol–water partition coefficient (Wildman–Crippen LogP) is 11.7. The third-order valence-electron chi connectivity index (χ3n) is 11.5. The molecule has 1 aromatic rings. The SMILES string of the molecule is COC(=O)/C(=C\C=C\[C@H](C)C/C(C)=C/C[C@@H]1C[C@H](O[Si](C)(C)C(C)(C)C)C[C@]2(CC[C@H](C)[C@@H](C(C)C)O2)O1)c1ccc(C)cc1C(=O)OCC[Si](C)(C)C. The van der Waals surface area contributed by atoms with Crippen molar-refractivity contribution in [1.82, 2.24) is 0 Å². The molecule has 0 N–H and O–H groups in total. The number of carbonyl (C=O) groups is 2. The van der Waals surface area contributed by atoms with Crippen LogP contribution in [0.5, 0.6) is 0 Å². The van der Waals surface area contributed by atoms with E-state index in [0.717, 1.165) is 50.1 Å². The minimum Gasteiger partial charge on any atom is -0.465 e. The summed E-state index contributed by atoms with van der Waals surface area (Å²) in [5.74, 6) is -0.369. The Morgan fingerprint density at radius 3 is 2.35 bits per heavy atom. The zero-order valence-electron chi connectivity index (χ0n) is 36.5. The van der Waals surface area contributed by atoms with Crippen LogP contribution in [0.15, 0.2) is 48.1 Å². The summed E-state index contributed by atoms with van der Waals surface area (Å²) in [7, 11) is -2.00. The lowest BCUT2D eigenvalue weighted by Gasteiger charge is -2.52. The first-order valence-corrected chi connectivity index (χ1v) is 27.0. The molecule has 2 fully saturated rings. The number of ether oxygens (including phenoxy) is 4. The Bertz CT molecular complexity index is 1510. The Kier molecular flexibility index (Phi) is 16.4. The molecule has 0 aromatic heterocycles. The van der Waals surface area contributed by atoms with Crippen LogP contribution < -0.4 is 0 Å². The largest absolute Gasteiger partial charge is 0.465 e. The fourth-order valence-corrected chi connectivity index (χ4v) is 9.40. The lowest BCUT2D eigenvalue weighted by molar-refractivity contribution is -0.338. The summed E-state index contributed by atoms with van der Waals surface area (Å²) in [4.78, 5) is 26.3. The monoisotopic (exact) mass is 782 g/mol. The molecule has 0 saturated carbocycles. The van der Waals surface area contributed by atoms with Crippen molar-refractivity contribution in [2.75, 3.05) is 13.7 Å². The first-order valence-electron chi connectivity index (χ1n) is 20.4. The maximum absolute atomic E-state index is 13.2. The second kappa shape index (κ2) is 19.2. The second-order valence-corrected chi connectivity index (χ2v) is 29.7. The molecule has 7 nitrogen and oxygen atoms in total. The van der Waals surface area contributed by atoms with Crippen LogP contribution in [0.4, 0.5) is 0 Å². The highest BCUT2D eigenvalue weighted by Gasteiger charge is 2.50. The van der Waals surface area contributed by atoms with Gasteiger partial charge in [0.2, 0.25) is 0 Å². The van der Waals surface area contributed by atoms with Gasteiger partial charge in [-0.3, -0.25) is 0 Å². The molecule has 3 rings (SSSR count). The molecule has 1 spiro atoms. The molecule has 0 amide bonds. The highest BCUT2D eigenvalue weighted by molar-refractivity contribution is 6.76. The Hall–Kier alpha value is -2.31. The van der Waals surface area contributed by atoms with Crippen molar-refractivity contribution >= 4 is 33.9 Å². The minimum atomic E-state index is -1.99. The minimum absolute atomic E-state index is 0.0204. The lowest BCUT2D eigenvalue weighted by Crippen LogP contribution is -2.56. The summed E-state index contributed by atoms with van der Waals surface area (Å²) in [6.07, 6.45) is 13.7. The molecule has 304 valence electrons. The number of esters is 2. The summed E-state index contributed by atoms with van der Waals surface area (Å²) in [5.41, 5.74) is 3.41. The molecule has 9 heteroatoms. The third kappa shape index (κ3) is 13.4. The van der Waals surface area contributed by atoms with Gasteiger partial charge >= 0.3 is 11.9 Å². The summed E-state index contributed by atoms with van der Waals surface area (Å²) in [6.45, 7) is 31.8. The quantitative estimate of drug-likeness (QED) is 0.0576. The van der Waals surface area contributed by atoms with Gasteiger partial charge < -0.3 is 23.4 Å². The molecule has 0 aliphatic carbocycles. The molecule has 2 aliphatic rings. The number of hydrogen-bond donors (Lipinski definition) is 0. The molecule has 2 aliphatic heterocycles. The van der Waals surface area contributed by atoms with E-state index in [2.05, 4.69) is 100 Å². The maximum Gasteiger partial charge on any atom is 0.338 e. The number of benzene rings is 1. The van der Waals surface area contributed by atoms with E-state index in [0.29, 0.717) is 35.1 Å². The lowest BCUT2D eigenvalue weighted by atomic mass is 9.83. The van der Waals surface area contributed by atoms with Crippen molar-refractivity contribution in [2.24, 2.45) is 17.8 Å². The van der Waals surface area contributed by atoms with Gasteiger partial charge in [0.1, 0.15) is 0 Å². The van der Waals surface area contributed by atoms with Crippen LogP contribution in [-0.4, -0.2) is 66.1 Å².